The summed E-state index contributed by atoms with van der Waals surface area (Å²) in [6.07, 6.45) is 1.05. The molecule has 10 N–H and O–H groups in total. The van der Waals surface area contributed by atoms with E-state index in [4.69, 9.17) is 22.3 Å². The van der Waals surface area contributed by atoms with Gasteiger partial charge in [-0.15, -0.1) is 0 Å². The first kappa shape index (κ1) is 21.8. The third kappa shape index (κ3) is 8.41. The van der Waals surface area contributed by atoms with E-state index in [1.54, 1.807) is 0 Å². The summed E-state index contributed by atoms with van der Waals surface area (Å²) < 4.78 is 0. The van der Waals surface area contributed by atoms with Crippen LogP contribution in [0.5, 0.6) is 0 Å². The van der Waals surface area contributed by atoms with Crippen LogP contribution in [-0.2, 0) is 19.2 Å². The summed E-state index contributed by atoms with van der Waals surface area (Å²) in [7, 11) is 0. The fourth-order valence-corrected chi connectivity index (χ4v) is 1.79. The highest BCUT2D eigenvalue weighted by molar-refractivity contribution is 5.93. The van der Waals surface area contributed by atoms with Gasteiger partial charge >= 0.3 is 5.97 Å². The highest BCUT2D eigenvalue weighted by Crippen LogP contribution is 1.99. The molecule has 3 atom stereocenters. The lowest BCUT2D eigenvalue weighted by atomic mass is 10.1. The van der Waals surface area contributed by atoms with Crippen molar-refractivity contribution in [2.45, 2.75) is 43.8 Å². The Morgan fingerprint density at radius 2 is 1.58 bits per heavy atom. The van der Waals surface area contributed by atoms with E-state index in [2.05, 4.69) is 5.32 Å². The lowest BCUT2D eigenvalue weighted by Gasteiger charge is -2.21. The van der Waals surface area contributed by atoms with E-state index in [0.717, 1.165) is 0 Å². The predicted octanol–water partition coefficient (Wildman–Crippen LogP) is -3.64. The third-order valence-corrected chi connectivity index (χ3v) is 3.14. The maximum absolute atomic E-state index is 11.9. The Morgan fingerprint density at radius 3 is 2.04 bits per heavy atom. The van der Waals surface area contributed by atoms with Gasteiger partial charge in [0.2, 0.25) is 17.7 Å². The molecule has 24 heavy (non-hydrogen) atoms. The third-order valence-electron chi connectivity index (χ3n) is 3.14. The van der Waals surface area contributed by atoms with Gasteiger partial charge in [-0.05, 0) is 19.4 Å². The molecule has 0 aliphatic carbocycles. The Hall–Kier alpha value is -2.24. The van der Waals surface area contributed by atoms with Crippen LogP contribution in [0.25, 0.3) is 0 Å². The van der Waals surface area contributed by atoms with E-state index in [0.29, 0.717) is 25.8 Å². The maximum Gasteiger partial charge on any atom is 0.326 e. The number of aliphatic carboxylic acids is 1. The zero-order chi connectivity index (χ0) is 18.7. The number of hydrogen-bond acceptors (Lipinski definition) is 7. The largest absolute Gasteiger partial charge is 0.480 e. The van der Waals surface area contributed by atoms with Crippen LogP contribution in [-0.4, -0.2) is 65.2 Å². The van der Waals surface area contributed by atoms with Crippen molar-refractivity contribution in [1.82, 2.24) is 10.6 Å². The number of carbonyl (C=O) groups excluding carboxylic acids is 3. The smallest absolute Gasteiger partial charge is 0.326 e. The van der Waals surface area contributed by atoms with Gasteiger partial charge in [-0.3, -0.25) is 14.4 Å². The molecule has 0 aromatic heterocycles. The molecular weight excluding hydrogens is 322 g/mol. The number of hydrogen-bond donors (Lipinski definition) is 7. The van der Waals surface area contributed by atoms with Crippen LogP contribution < -0.4 is 27.8 Å². The Balaban J connectivity index is 4.64. The normalized spacial score (nSPS) is 14.3. The van der Waals surface area contributed by atoms with Gasteiger partial charge in [0.1, 0.15) is 12.1 Å². The van der Waals surface area contributed by atoms with Gasteiger partial charge in [-0.25, -0.2) is 4.79 Å². The first-order valence-corrected chi connectivity index (χ1v) is 7.41. The van der Waals surface area contributed by atoms with Crippen LogP contribution in [0.15, 0.2) is 0 Å². The van der Waals surface area contributed by atoms with Gasteiger partial charge in [0.25, 0.3) is 0 Å². The molecule has 0 aromatic rings. The number of aliphatic hydroxyl groups excluding tert-OH is 1. The predicted molar refractivity (Wildman–Crippen MR) is 83.3 cm³/mol. The fourth-order valence-electron chi connectivity index (χ4n) is 1.79. The second-order valence-corrected chi connectivity index (χ2v) is 5.20. The van der Waals surface area contributed by atoms with Crippen molar-refractivity contribution in [1.29, 1.82) is 0 Å². The Kier molecular flexibility index (Phi) is 10.3. The number of carboxylic acid groups (broad SMARTS) is 1. The number of rotatable bonds is 12. The summed E-state index contributed by atoms with van der Waals surface area (Å²) in [5, 5.41) is 22.4. The van der Waals surface area contributed by atoms with Crippen molar-refractivity contribution in [3.63, 3.8) is 0 Å². The Bertz CT molecular complexity index is 458. The summed E-state index contributed by atoms with van der Waals surface area (Å²) in [5.41, 5.74) is 15.9. The van der Waals surface area contributed by atoms with Crippen molar-refractivity contribution in [2.24, 2.45) is 17.2 Å². The van der Waals surface area contributed by atoms with Crippen LogP contribution >= 0.6 is 0 Å². The number of carboxylic acids is 1. The Labute approximate surface area is 138 Å². The first-order valence-electron chi connectivity index (χ1n) is 7.41. The van der Waals surface area contributed by atoms with Gasteiger partial charge in [0.05, 0.1) is 19.1 Å². The molecule has 11 heteroatoms. The Morgan fingerprint density at radius 1 is 1.00 bits per heavy atom. The van der Waals surface area contributed by atoms with Crippen molar-refractivity contribution >= 4 is 23.7 Å². The van der Waals surface area contributed by atoms with Gasteiger partial charge in [0, 0.05) is 0 Å². The molecule has 138 valence electrons. The summed E-state index contributed by atoms with van der Waals surface area (Å²) >= 11 is 0. The topological polar surface area (TPSA) is 211 Å². The second kappa shape index (κ2) is 11.3. The van der Waals surface area contributed by atoms with E-state index in [1.807, 2.05) is 5.32 Å². The van der Waals surface area contributed by atoms with Crippen LogP contribution in [0.2, 0.25) is 0 Å². The number of carbonyl (C=O) groups is 4. The lowest BCUT2D eigenvalue weighted by Crippen LogP contribution is -2.56. The van der Waals surface area contributed by atoms with Gasteiger partial charge < -0.3 is 38.0 Å². The van der Waals surface area contributed by atoms with E-state index in [-0.39, 0.29) is 0 Å². The lowest BCUT2D eigenvalue weighted by molar-refractivity contribution is -0.144. The molecule has 0 bridgehead atoms. The number of unbranched alkanes of at least 4 members (excludes halogenated alkanes) is 1. The second-order valence-electron chi connectivity index (χ2n) is 5.20. The molecule has 11 nitrogen and oxygen atoms in total. The van der Waals surface area contributed by atoms with E-state index >= 15 is 0 Å². The van der Waals surface area contributed by atoms with Gasteiger partial charge in [-0.2, -0.15) is 0 Å². The average molecular weight is 347 g/mol. The minimum atomic E-state index is -1.56. The monoisotopic (exact) mass is 347 g/mol. The minimum absolute atomic E-state index is 0.349. The highest BCUT2D eigenvalue weighted by Gasteiger charge is 2.28. The van der Waals surface area contributed by atoms with E-state index in [9.17, 15) is 24.3 Å². The number of aliphatic hydroxyl groups is 1. The molecule has 3 amide bonds. The van der Waals surface area contributed by atoms with Crippen LogP contribution in [0.1, 0.15) is 25.7 Å². The summed E-state index contributed by atoms with van der Waals surface area (Å²) in [6, 6.07) is -3.84. The number of amides is 3. The summed E-state index contributed by atoms with van der Waals surface area (Å²) in [5.74, 6) is -4.02. The highest BCUT2D eigenvalue weighted by atomic mass is 16.4. The number of nitrogens with one attached hydrogen (secondary N) is 2. The van der Waals surface area contributed by atoms with Crippen molar-refractivity contribution < 1.29 is 29.4 Å². The maximum atomic E-state index is 11.9. The average Bonchev–Trinajstić information content (AvgIpc) is 2.50. The van der Waals surface area contributed by atoms with Crippen molar-refractivity contribution in [3.8, 4) is 0 Å². The molecule has 0 saturated heterocycles. The summed E-state index contributed by atoms with van der Waals surface area (Å²) in [4.78, 5) is 45.5. The van der Waals surface area contributed by atoms with E-state index < -0.39 is 54.8 Å². The van der Waals surface area contributed by atoms with Crippen molar-refractivity contribution in [3.05, 3.63) is 0 Å². The molecule has 0 aliphatic rings. The molecule has 0 spiro atoms. The van der Waals surface area contributed by atoms with Gasteiger partial charge in [-0.1, -0.05) is 6.42 Å². The van der Waals surface area contributed by atoms with Crippen molar-refractivity contribution in [2.75, 3.05) is 13.2 Å². The zero-order valence-electron chi connectivity index (χ0n) is 13.2. The summed E-state index contributed by atoms with van der Waals surface area (Å²) in [6.45, 7) is -0.303. The first-order chi connectivity index (χ1) is 11.2. The van der Waals surface area contributed by atoms with Crippen LogP contribution in [0, 0.1) is 0 Å². The molecule has 0 rings (SSSR count). The van der Waals surface area contributed by atoms with Crippen LogP contribution in [0.3, 0.4) is 0 Å². The van der Waals surface area contributed by atoms with E-state index in [1.165, 1.54) is 0 Å². The van der Waals surface area contributed by atoms with Crippen LogP contribution in [0.4, 0.5) is 0 Å². The SMILES string of the molecule is NCCCC[C@H](N)C(=O)N[C@@H](CO)C(=O)N[C@@H](CC(N)=O)C(=O)O. The number of primary amides is 1. The molecule has 0 unspecified atom stereocenters. The molecule has 0 aromatic carbocycles. The molecule has 0 radical (unpaired) electrons. The molecular formula is C13H25N5O6. The molecule has 0 heterocycles. The molecule has 0 aliphatic heterocycles. The quantitative estimate of drug-likeness (QED) is 0.174. The fraction of sp³-hybridized carbons (Fsp3) is 0.692. The molecule has 0 fully saturated rings. The zero-order valence-corrected chi connectivity index (χ0v) is 13.2. The number of nitrogens with two attached hydrogens (primary N) is 3. The molecule has 0 saturated carbocycles. The minimum Gasteiger partial charge on any atom is -0.480 e. The standard InChI is InChI=1S/C13H25N5O6/c14-4-2-1-3-7(15)11(21)18-9(6-19)12(22)17-8(13(23)24)5-10(16)20/h7-9,19H,1-6,14-15H2,(H2,16,20)(H,17,22)(H,18,21)(H,23,24)/t7-,8-,9-/m0/s1. The van der Waals surface area contributed by atoms with Gasteiger partial charge in [0.15, 0.2) is 0 Å².